The Morgan fingerprint density at radius 1 is 1.60 bits per heavy atom. The molecule has 1 fully saturated rings. The van der Waals surface area contributed by atoms with Crippen molar-refractivity contribution in [1.29, 1.82) is 0 Å². The van der Waals surface area contributed by atoms with Gasteiger partial charge < -0.3 is 10.6 Å². The zero-order valence-corrected chi connectivity index (χ0v) is 9.48. The zero-order chi connectivity index (χ0) is 10.8. The maximum atomic E-state index is 5.96. The van der Waals surface area contributed by atoms with Gasteiger partial charge in [-0.3, -0.25) is 0 Å². The summed E-state index contributed by atoms with van der Waals surface area (Å²) in [6.45, 7) is 5.38. The van der Waals surface area contributed by atoms with Gasteiger partial charge in [-0.1, -0.05) is 6.07 Å². The number of pyridine rings is 1. The van der Waals surface area contributed by atoms with Gasteiger partial charge in [0.2, 0.25) is 0 Å². The third-order valence-electron chi connectivity index (χ3n) is 3.13. The number of nitrogens with two attached hydrogens (primary N) is 1. The van der Waals surface area contributed by atoms with Crippen LogP contribution < -0.4 is 10.6 Å². The van der Waals surface area contributed by atoms with Gasteiger partial charge in [0.15, 0.2) is 0 Å². The van der Waals surface area contributed by atoms with Crippen LogP contribution in [0.1, 0.15) is 38.3 Å². The van der Waals surface area contributed by atoms with Crippen molar-refractivity contribution in [3.05, 3.63) is 23.9 Å². The van der Waals surface area contributed by atoms with Crippen LogP contribution in [-0.4, -0.2) is 17.6 Å². The molecule has 1 unspecified atom stereocenters. The molecule has 0 aromatic carbocycles. The summed E-state index contributed by atoms with van der Waals surface area (Å²) in [7, 11) is 0. The Hall–Kier alpha value is -1.09. The fourth-order valence-electron chi connectivity index (χ4n) is 2.25. The van der Waals surface area contributed by atoms with Gasteiger partial charge in [-0.25, -0.2) is 4.98 Å². The van der Waals surface area contributed by atoms with E-state index in [4.69, 9.17) is 5.73 Å². The maximum Gasteiger partial charge on any atom is 0.133 e. The van der Waals surface area contributed by atoms with Crippen LogP contribution in [-0.2, 0) is 0 Å². The number of rotatable bonds is 2. The Morgan fingerprint density at radius 2 is 2.40 bits per heavy atom. The largest absolute Gasteiger partial charge is 0.354 e. The molecule has 2 atom stereocenters. The molecule has 82 valence electrons. The zero-order valence-electron chi connectivity index (χ0n) is 9.48. The molecule has 3 nitrogen and oxygen atoms in total. The summed E-state index contributed by atoms with van der Waals surface area (Å²) in [6.07, 6.45) is 4.37. The SMILES string of the molecule is CC1CCCN1c1ncccc1[C@@H](C)N. The van der Waals surface area contributed by atoms with Crippen LogP contribution in [0.2, 0.25) is 0 Å². The number of hydrogen-bond acceptors (Lipinski definition) is 3. The minimum atomic E-state index is 0.0569. The van der Waals surface area contributed by atoms with Crippen LogP contribution in [0.4, 0.5) is 5.82 Å². The lowest BCUT2D eigenvalue weighted by atomic mass is 10.1. The Morgan fingerprint density at radius 3 is 3.00 bits per heavy atom. The summed E-state index contributed by atoms with van der Waals surface area (Å²) >= 11 is 0. The average molecular weight is 205 g/mol. The minimum absolute atomic E-state index is 0.0569. The third-order valence-corrected chi connectivity index (χ3v) is 3.13. The lowest BCUT2D eigenvalue weighted by Gasteiger charge is -2.26. The monoisotopic (exact) mass is 205 g/mol. The van der Waals surface area contributed by atoms with Gasteiger partial charge in [-0.05, 0) is 32.8 Å². The topological polar surface area (TPSA) is 42.2 Å². The van der Waals surface area contributed by atoms with E-state index in [1.54, 1.807) is 0 Å². The molecule has 0 aliphatic carbocycles. The molecule has 0 bridgehead atoms. The molecule has 2 heterocycles. The van der Waals surface area contributed by atoms with Gasteiger partial charge in [0.05, 0.1) is 0 Å². The average Bonchev–Trinajstić information content (AvgIpc) is 2.64. The quantitative estimate of drug-likeness (QED) is 0.804. The normalized spacial score (nSPS) is 23.1. The van der Waals surface area contributed by atoms with Gasteiger partial charge in [0, 0.05) is 30.4 Å². The van der Waals surface area contributed by atoms with E-state index in [1.807, 2.05) is 19.2 Å². The Kier molecular flexibility index (Phi) is 2.91. The summed E-state index contributed by atoms with van der Waals surface area (Å²) in [5, 5.41) is 0. The highest BCUT2D eigenvalue weighted by Crippen LogP contribution is 2.28. The molecule has 1 aliphatic rings. The summed E-state index contributed by atoms with van der Waals surface area (Å²) < 4.78 is 0. The highest BCUT2D eigenvalue weighted by Gasteiger charge is 2.24. The van der Waals surface area contributed by atoms with Gasteiger partial charge >= 0.3 is 0 Å². The molecule has 0 radical (unpaired) electrons. The van der Waals surface area contributed by atoms with E-state index >= 15 is 0 Å². The molecule has 1 aliphatic heterocycles. The molecule has 0 saturated carbocycles. The molecule has 2 N–H and O–H groups in total. The lowest BCUT2D eigenvalue weighted by molar-refractivity contribution is 0.712. The van der Waals surface area contributed by atoms with Crippen molar-refractivity contribution in [2.24, 2.45) is 5.73 Å². The Balaban J connectivity index is 2.34. The van der Waals surface area contributed by atoms with Crippen LogP contribution in [0.5, 0.6) is 0 Å². The predicted octanol–water partition coefficient (Wildman–Crippen LogP) is 2.09. The van der Waals surface area contributed by atoms with Crippen molar-refractivity contribution in [3.63, 3.8) is 0 Å². The third kappa shape index (κ3) is 1.97. The Labute approximate surface area is 91.3 Å². The van der Waals surface area contributed by atoms with Crippen LogP contribution in [0, 0.1) is 0 Å². The van der Waals surface area contributed by atoms with Gasteiger partial charge in [0.1, 0.15) is 5.82 Å². The highest BCUT2D eigenvalue weighted by atomic mass is 15.2. The van der Waals surface area contributed by atoms with Crippen molar-refractivity contribution < 1.29 is 0 Å². The van der Waals surface area contributed by atoms with Crippen molar-refractivity contribution in [3.8, 4) is 0 Å². The first-order chi connectivity index (χ1) is 7.20. The fourth-order valence-corrected chi connectivity index (χ4v) is 2.25. The maximum absolute atomic E-state index is 5.96. The van der Waals surface area contributed by atoms with Gasteiger partial charge in [-0.15, -0.1) is 0 Å². The van der Waals surface area contributed by atoms with E-state index in [-0.39, 0.29) is 6.04 Å². The second-order valence-corrected chi connectivity index (χ2v) is 4.39. The summed E-state index contributed by atoms with van der Waals surface area (Å²) in [4.78, 5) is 6.85. The van der Waals surface area contributed by atoms with Gasteiger partial charge in [-0.2, -0.15) is 0 Å². The van der Waals surface area contributed by atoms with Crippen molar-refractivity contribution in [2.45, 2.75) is 38.8 Å². The second-order valence-electron chi connectivity index (χ2n) is 4.39. The molecule has 3 heteroatoms. The fraction of sp³-hybridized carbons (Fsp3) is 0.583. The van der Waals surface area contributed by atoms with E-state index in [9.17, 15) is 0 Å². The van der Waals surface area contributed by atoms with E-state index < -0.39 is 0 Å². The van der Waals surface area contributed by atoms with Crippen LogP contribution in [0.15, 0.2) is 18.3 Å². The Bertz CT molecular complexity index is 335. The number of aromatic nitrogens is 1. The van der Waals surface area contributed by atoms with E-state index in [1.165, 1.54) is 12.8 Å². The van der Waals surface area contributed by atoms with Crippen LogP contribution in [0.25, 0.3) is 0 Å². The molecule has 0 amide bonds. The molecular weight excluding hydrogens is 186 g/mol. The molecule has 0 spiro atoms. The minimum Gasteiger partial charge on any atom is -0.354 e. The van der Waals surface area contributed by atoms with E-state index in [0.717, 1.165) is 17.9 Å². The van der Waals surface area contributed by atoms with Crippen molar-refractivity contribution in [1.82, 2.24) is 4.98 Å². The van der Waals surface area contributed by atoms with Crippen LogP contribution in [0.3, 0.4) is 0 Å². The highest BCUT2D eigenvalue weighted by molar-refractivity contribution is 5.49. The lowest BCUT2D eigenvalue weighted by Crippen LogP contribution is -2.29. The van der Waals surface area contributed by atoms with Crippen molar-refractivity contribution >= 4 is 5.82 Å². The standard InChI is InChI=1S/C12H19N3/c1-9-5-4-8-15(9)12-11(10(2)13)6-3-7-14-12/h3,6-7,9-10H,4-5,8,13H2,1-2H3/t9?,10-/m1/s1. The summed E-state index contributed by atoms with van der Waals surface area (Å²) in [5.41, 5.74) is 7.12. The molecule has 2 rings (SSSR count). The summed E-state index contributed by atoms with van der Waals surface area (Å²) in [6, 6.07) is 4.69. The second kappa shape index (κ2) is 4.19. The molecular formula is C12H19N3. The molecule has 15 heavy (non-hydrogen) atoms. The van der Waals surface area contributed by atoms with Crippen molar-refractivity contribution in [2.75, 3.05) is 11.4 Å². The predicted molar refractivity (Wildman–Crippen MR) is 62.9 cm³/mol. The number of hydrogen-bond donors (Lipinski definition) is 1. The number of nitrogens with zero attached hydrogens (tertiary/aromatic N) is 2. The van der Waals surface area contributed by atoms with Crippen LogP contribution >= 0.6 is 0 Å². The van der Waals surface area contributed by atoms with E-state index in [0.29, 0.717) is 6.04 Å². The number of anilines is 1. The van der Waals surface area contributed by atoms with Gasteiger partial charge in [0.25, 0.3) is 0 Å². The first kappa shape index (κ1) is 10.4. The molecule has 1 aromatic heterocycles. The smallest absolute Gasteiger partial charge is 0.133 e. The molecule has 1 aromatic rings. The van der Waals surface area contributed by atoms with E-state index in [2.05, 4.69) is 22.9 Å². The molecule has 1 saturated heterocycles. The first-order valence-electron chi connectivity index (χ1n) is 5.67. The first-order valence-corrected chi connectivity index (χ1v) is 5.67. The summed E-state index contributed by atoms with van der Waals surface area (Å²) in [5.74, 6) is 1.08.